The van der Waals surface area contributed by atoms with Gasteiger partial charge in [0.2, 0.25) is 0 Å². The van der Waals surface area contributed by atoms with Crippen LogP contribution >= 0.6 is 0 Å². The second-order valence-electron chi connectivity index (χ2n) is 3.99. The fraction of sp³-hybridized carbons (Fsp3) is 0.231. The monoisotopic (exact) mass is 229 g/mol. The summed E-state index contributed by atoms with van der Waals surface area (Å²) in [6.07, 6.45) is 7.33. The van der Waals surface area contributed by atoms with E-state index in [0.29, 0.717) is 6.42 Å². The normalized spacial score (nSPS) is 16.8. The number of ether oxygens (including phenoxy) is 1. The Morgan fingerprint density at radius 1 is 1.12 bits per heavy atom. The maximum Gasteiger partial charge on any atom is 0.118 e. The van der Waals surface area contributed by atoms with Crippen molar-refractivity contribution in [3.8, 4) is 5.75 Å². The highest BCUT2D eigenvalue weighted by Crippen LogP contribution is 2.15. The second-order valence-corrected chi connectivity index (χ2v) is 3.99. The highest BCUT2D eigenvalue weighted by atomic mass is 16.5. The minimum atomic E-state index is -0.627. The van der Waals surface area contributed by atoms with Crippen LogP contribution < -0.4 is 10.5 Å². The Bertz CT molecular complexity index is 444. The van der Waals surface area contributed by atoms with E-state index < -0.39 is 5.54 Å². The van der Waals surface area contributed by atoms with Crippen molar-refractivity contribution < 1.29 is 4.74 Å². The molecule has 1 aliphatic rings. The van der Waals surface area contributed by atoms with E-state index in [2.05, 4.69) is 9.98 Å². The predicted molar refractivity (Wildman–Crippen MR) is 69.7 cm³/mol. The van der Waals surface area contributed by atoms with Gasteiger partial charge in [-0.25, -0.2) is 0 Å². The smallest absolute Gasteiger partial charge is 0.118 e. The standard InChI is InChI=1S/C13H15N3O/c1-17-12-4-2-11(3-5-12)8-13(14)9-15-6-7-16-10-13/h2-7,9-10H,8,14H2,1H3. The third-order valence-corrected chi connectivity index (χ3v) is 2.54. The first-order valence-corrected chi connectivity index (χ1v) is 5.37. The van der Waals surface area contributed by atoms with E-state index in [0.717, 1.165) is 11.3 Å². The fourth-order valence-electron chi connectivity index (χ4n) is 1.66. The summed E-state index contributed by atoms with van der Waals surface area (Å²) in [4.78, 5) is 8.15. The molecule has 2 rings (SSSR count). The van der Waals surface area contributed by atoms with Gasteiger partial charge in [0.1, 0.15) is 5.75 Å². The molecule has 0 saturated carbocycles. The van der Waals surface area contributed by atoms with Gasteiger partial charge in [-0.1, -0.05) is 12.1 Å². The van der Waals surface area contributed by atoms with Crippen molar-refractivity contribution in [2.45, 2.75) is 12.0 Å². The molecule has 0 unspecified atom stereocenters. The Kier molecular flexibility index (Phi) is 3.35. The van der Waals surface area contributed by atoms with Crippen molar-refractivity contribution in [2.24, 2.45) is 15.7 Å². The molecule has 4 heteroatoms. The van der Waals surface area contributed by atoms with E-state index in [-0.39, 0.29) is 0 Å². The van der Waals surface area contributed by atoms with Crippen LogP contribution in [-0.4, -0.2) is 25.1 Å². The maximum atomic E-state index is 6.19. The summed E-state index contributed by atoms with van der Waals surface area (Å²) in [6, 6.07) is 7.82. The Hall–Kier alpha value is -1.94. The molecule has 0 aromatic heterocycles. The van der Waals surface area contributed by atoms with Crippen molar-refractivity contribution in [1.29, 1.82) is 0 Å². The van der Waals surface area contributed by atoms with Crippen molar-refractivity contribution in [1.82, 2.24) is 0 Å². The van der Waals surface area contributed by atoms with Gasteiger partial charge in [0.05, 0.1) is 12.6 Å². The van der Waals surface area contributed by atoms with E-state index in [1.807, 2.05) is 24.3 Å². The minimum Gasteiger partial charge on any atom is -0.497 e. The Morgan fingerprint density at radius 3 is 2.24 bits per heavy atom. The number of nitrogens with zero attached hydrogens (tertiary/aromatic N) is 2. The van der Waals surface area contributed by atoms with Gasteiger partial charge in [0.15, 0.2) is 0 Å². The molecule has 2 N–H and O–H groups in total. The maximum absolute atomic E-state index is 6.19. The average Bonchev–Trinajstić information content (AvgIpc) is 2.55. The van der Waals surface area contributed by atoms with Crippen LogP contribution in [0.5, 0.6) is 5.75 Å². The fourth-order valence-corrected chi connectivity index (χ4v) is 1.66. The average molecular weight is 229 g/mol. The molecule has 0 atom stereocenters. The van der Waals surface area contributed by atoms with Crippen molar-refractivity contribution in [3.63, 3.8) is 0 Å². The molecule has 17 heavy (non-hydrogen) atoms. The molecule has 88 valence electrons. The third-order valence-electron chi connectivity index (χ3n) is 2.54. The van der Waals surface area contributed by atoms with Crippen LogP contribution in [0.2, 0.25) is 0 Å². The number of hydrogen-bond acceptors (Lipinski definition) is 4. The van der Waals surface area contributed by atoms with Gasteiger partial charge in [-0.2, -0.15) is 0 Å². The molecule has 0 amide bonds. The van der Waals surface area contributed by atoms with Gasteiger partial charge in [-0.3, -0.25) is 9.98 Å². The number of methoxy groups -OCH3 is 1. The molecular formula is C13H15N3O. The van der Waals surface area contributed by atoms with E-state index >= 15 is 0 Å². The Morgan fingerprint density at radius 2 is 1.71 bits per heavy atom. The highest BCUT2D eigenvalue weighted by Gasteiger charge is 2.21. The summed E-state index contributed by atoms with van der Waals surface area (Å²) in [5, 5.41) is 0. The first-order valence-electron chi connectivity index (χ1n) is 5.37. The summed E-state index contributed by atoms with van der Waals surface area (Å²) in [6.45, 7) is 0. The molecule has 0 radical (unpaired) electrons. The Labute approximate surface area is 101 Å². The topological polar surface area (TPSA) is 60.0 Å². The van der Waals surface area contributed by atoms with Crippen molar-refractivity contribution in [2.75, 3.05) is 7.11 Å². The second kappa shape index (κ2) is 4.93. The zero-order valence-corrected chi connectivity index (χ0v) is 9.71. The van der Waals surface area contributed by atoms with Crippen molar-refractivity contribution in [3.05, 3.63) is 42.2 Å². The number of hydrogen-bond donors (Lipinski definition) is 1. The summed E-state index contributed by atoms with van der Waals surface area (Å²) in [5.74, 6) is 0.838. The molecule has 0 saturated heterocycles. The van der Waals surface area contributed by atoms with Gasteiger partial charge < -0.3 is 10.5 Å². The van der Waals surface area contributed by atoms with Crippen LogP contribution in [-0.2, 0) is 6.42 Å². The number of nitrogens with two attached hydrogens (primary N) is 1. The molecule has 1 heterocycles. The quantitative estimate of drug-likeness (QED) is 0.855. The van der Waals surface area contributed by atoms with Crippen LogP contribution in [0.1, 0.15) is 5.56 Å². The van der Waals surface area contributed by atoms with Crippen LogP contribution in [0.3, 0.4) is 0 Å². The highest BCUT2D eigenvalue weighted by molar-refractivity contribution is 5.95. The first kappa shape index (κ1) is 11.5. The van der Waals surface area contributed by atoms with Gasteiger partial charge in [-0.05, 0) is 17.7 Å². The largest absolute Gasteiger partial charge is 0.497 e. The molecular weight excluding hydrogens is 214 g/mol. The van der Waals surface area contributed by atoms with Crippen LogP contribution in [0.25, 0.3) is 0 Å². The van der Waals surface area contributed by atoms with E-state index in [1.165, 1.54) is 0 Å². The van der Waals surface area contributed by atoms with E-state index in [4.69, 9.17) is 10.5 Å². The summed E-state index contributed by atoms with van der Waals surface area (Å²) >= 11 is 0. The van der Waals surface area contributed by atoms with Gasteiger partial charge >= 0.3 is 0 Å². The lowest BCUT2D eigenvalue weighted by molar-refractivity contribution is 0.414. The zero-order valence-electron chi connectivity index (χ0n) is 9.71. The van der Waals surface area contributed by atoms with Crippen LogP contribution in [0, 0.1) is 0 Å². The first-order chi connectivity index (χ1) is 8.22. The minimum absolute atomic E-state index is 0.627. The molecule has 0 bridgehead atoms. The van der Waals surface area contributed by atoms with Gasteiger partial charge in [0.25, 0.3) is 0 Å². The number of rotatable bonds is 3. The lowest BCUT2D eigenvalue weighted by Crippen LogP contribution is -2.45. The summed E-state index contributed by atoms with van der Waals surface area (Å²) in [7, 11) is 1.65. The number of aliphatic imine (C=N–C) groups is 2. The van der Waals surface area contributed by atoms with E-state index in [1.54, 1.807) is 31.9 Å². The van der Waals surface area contributed by atoms with Gasteiger partial charge in [-0.15, -0.1) is 0 Å². The van der Waals surface area contributed by atoms with Gasteiger partial charge in [0, 0.05) is 31.2 Å². The summed E-state index contributed by atoms with van der Waals surface area (Å²) in [5.41, 5.74) is 6.68. The molecule has 0 aliphatic carbocycles. The van der Waals surface area contributed by atoms with Crippen LogP contribution in [0.4, 0.5) is 0 Å². The molecule has 1 aliphatic heterocycles. The molecule has 4 nitrogen and oxygen atoms in total. The zero-order chi connectivity index (χ0) is 12.1. The SMILES string of the molecule is COc1ccc(CC2(N)C=NC=CN=C2)cc1. The Balaban J connectivity index is 2.14. The van der Waals surface area contributed by atoms with Crippen molar-refractivity contribution >= 4 is 12.4 Å². The lowest BCUT2D eigenvalue weighted by atomic mass is 9.94. The molecule has 1 aromatic rings. The summed E-state index contributed by atoms with van der Waals surface area (Å²) < 4.78 is 5.11. The van der Waals surface area contributed by atoms with Crippen LogP contribution in [0.15, 0.2) is 46.7 Å². The molecule has 1 aromatic carbocycles. The third kappa shape index (κ3) is 3.01. The molecule has 0 spiro atoms. The predicted octanol–water partition coefficient (Wildman–Crippen LogP) is 1.56. The lowest BCUT2D eigenvalue weighted by Gasteiger charge is -2.19. The molecule has 0 fully saturated rings. The number of benzene rings is 1. The van der Waals surface area contributed by atoms with E-state index in [9.17, 15) is 0 Å².